The number of fused-ring (bicyclic) bond motifs is 1. The van der Waals surface area contributed by atoms with Crippen molar-refractivity contribution in [1.82, 2.24) is 0 Å². The molecule has 2 heteroatoms. The van der Waals surface area contributed by atoms with Crippen LogP contribution in [0.4, 0.5) is 0 Å². The van der Waals surface area contributed by atoms with Gasteiger partial charge in [-0.1, -0.05) is 36.4 Å². The van der Waals surface area contributed by atoms with Crippen LogP contribution in [-0.4, -0.2) is 14.6 Å². The van der Waals surface area contributed by atoms with Gasteiger partial charge in [-0.15, -0.1) is 0 Å². The summed E-state index contributed by atoms with van der Waals surface area (Å²) in [6.07, 6.45) is 2.23. The predicted molar refractivity (Wildman–Crippen MR) is 58.4 cm³/mol. The molecule has 0 heterocycles. The highest BCUT2D eigenvalue weighted by Gasteiger charge is 2.63. The maximum absolute atomic E-state index is 10.1. The zero-order valence-corrected chi connectivity index (χ0v) is 10.1. The standard InChI is InChI=1S/C10H17IO/c1-9(2)6-4-8(11)10(3,12)5-7(6)9/h6-8,12H,4-5H2,1-3H3. The van der Waals surface area contributed by atoms with Crippen molar-refractivity contribution in [3.8, 4) is 0 Å². The van der Waals surface area contributed by atoms with Gasteiger partial charge in [-0.25, -0.2) is 0 Å². The molecule has 0 aliphatic heterocycles. The van der Waals surface area contributed by atoms with E-state index in [1.807, 2.05) is 6.92 Å². The zero-order valence-electron chi connectivity index (χ0n) is 7.97. The van der Waals surface area contributed by atoms with Crippen LogP contribution < -0.4 is 0 Å². The average molecular weight is 280 g/mol. The predicted octanol–water partition coefficient (Wildman–Crippen LogP) is 2.61. The van der Waals surface area contributed by atoms with E-state index in [4.69, 9.17) is 0 Å². The highest BCUT2D eigenvalue weighted by atomic mass is 127. The van der Waals surface area contributed by atoms with E-state index in [0.717, 1.165) is 18.3 Å². The Kier molecular flexibility index (Phi) is 1.84. The van der Waals surface area contributed by atoms with Gasteiger partial charge >= 0.3 is 0 Å². The van der Waals surface area contributed by atoms with Crippen LogP contribution in [0.15, 0.2) is 0 Å². The zero-order chi connectivity index (χ0) is 9.15. The molecule has 4 atom stereocenters. The molecule has 70 valence electrons. The fourth-order valence-electron chi connectivity index (χ4n) is 2.78. The van der Waals surface area contributed by atoms with E-state index < -0.39 is 5.60 Å². The van der Waals surface area contributed by atoms with Crippen LogP contribution in [0.3, 0.4) is 0 Å². The van der Waals surface area contributed by atoms with E-state index in [1.54, 1.807) is 0 Å². The first-order chi connectivity index (χ1) is 5.36. The Morgan fingerprint density at radius 2 is 1.83 bits per heavy atom. The lowest BCUT2D eigenvalue weighted by Gasteiger charge is -2.32. The molecule has 4 unspecified atom stereocenters. The first-order valence-electron chi connectivity index (χ1n) is 4.72. The SMILES string of the molecule is CC1(O)CC2C(CC1I)C2(C)C. The van der Waals surface area contributed by atoms with Crippen LogP contribution in [-0.2, 0) is 0 Å². The Morgan fingerprint density at radius 3 is 2.33 bits per heavy atom. The van der Waals surface area contributed by atoms with Gasteiger partial charge in [0.2, 0.25) is 0 Å². The maximum Gasteiger partial charge on any atom is 0.0739 e. The van der Waals surface area contributed by atoms with Crippen molar-refractivity contribution in [2.75, 3.05) is 0 Å². The third-order valence-corrected chi connectivity index (χ3v) is 5.91. The Morgan fingerprint density at radius 1 is 1.25 bits per heavy atom. The van der Waals surface area contributed by atoms with Crippen molar-refractivity contribution in [2.24, 2.45) is 17.3 Å². The summed E-state index contributed by atoms with van der Waals surface area (Å²) < 4.78 is 0.457. The van der Waals surface area contributed by atoms with Crippen LogP contribution in [0.2, 0.25) is 0 Å². The number of hydrogen-bond acceptors (Lipinski definition) is 1. The number of hydrogen-bond donors (Lipinski definition) is 1. The largest absolute Gasteiger partial charge is 0.389 e. The van der Waals surface area contributed by atoms with Crippen molar-refractivity contribution < 1.29 is 5.11 Å². The molecule has 0 aromatic rings. The average Bonchev–Trinajstić information content (AvgIpc) is 2.37. The van der Waals surface area contributed by atoms with Crippen molar-refractivity contribution in [3.05, 3.63) is 0 Å². The van der Waals surface area contributed by atoms with Gasteiger partial charge in [-0.2, -0.15) is 0 Å². The van der Waals surface area contributed by atoms with Crippen LogP contribution in [0.1, 0.15) is 33.6 Å². The third kappa shape index (κ3) is 1.14. The molecule has 0 radical (unpaired) electrons. The van der Waals surface area contributed by atoms with E-state index in [1.165, 1.54) is 6.42 Å². The van der Waals surface area contributed by atoms with Crippen LogP contribution in [0.25, 0.3) is 0 Å². The summed E-state index contributed by atoms with van der Waals surface area (Å²) in [6, 6.07) is 0. The van der Waals surface area contributed by atoms with Gasteiger partial charge in [0, 0.05) is 3.92 Å². The molecule has 2 aliphatic carbocycles. The number of alkyl halides is 1. The van der Waals surface area contributed by atoms with Gasteiger partial charge in [-0.05, 0) is 37.0 Å². The van der Waals surface area contributed by atoms with Crippen molar-refractivity contribution >= 4 is 22.6 Å². The molecule has 0 aromatic heterocycles. The molecule has 0 saturated heterocycles. The Balaban J connectivity index is 2.14. The summed E-state index contributed by atoms with van der Waals surface area (Å²) in [5, 5.41) is 10.1. The van der Waals surface area contributed by atoms with Crippen molar-refractivity contribution in [2.45, 2.75) is 43.1 Å². The Bertz CT molecular complexity index is 210. The quantitative estimate of drug-likeness (QED) is 0.534. The molecule has 0 bridgehead atoms. The van der Waals surface area contributed by atoms with Crippen molar-refractivity contribution in [3.63, 3.8) is 0 Å². The summed E-state index contributed by atoms with van der Waals surface area (Å²) in [5.74, 6) is 1.68. The lowest BCUT2D eigenvalue weighted by atomic mass is 9.86. The Hall–Kier alpha value is 0.690. The molecular weight excluding hydrogens is 263 g/mol. The van der Waals surface area contributed by atoms with Crippen LogP contribution >= 0.6 is 22.6 Å². The topological polar surface area (TPSA) is 20.2 Å². The molecular formula is C10H17IO. The van der Waals surface area contributed by atoms with Crippen LogP contribution in [0, 0.1) is 17.3 Å². The summed E-state index contributed by atoms with van der Waals surface area (Å²) in [4.78, 5) is 0. The molecule has 1 N–H and O–H groups in total. The summed E-state index contributed by atoms with van der Waals surface area (Å²) in [5.41, 5.74) is 0.111. The second kappa shape index (κ2) is 2.38. The molecule has 2 rings (SSSR count). The smallest absolute Gasteiger partial charge is 0.0739 e. The van der Waals surface area contributed by atoms with Crippen molar-refractivity contribution in [1.29, 1.82) is 0 Å². The number of rotatable bonds is 0. The lowest BCUT2D eigenvalue weighted by molar-refractivity contribution is 0.0292. The van der Waals surface area contributed by atoms with Gasteiger partial charge in [0.15, 0.2) is 0 Å². The molecule has 1 nitrogen and oxygen atoms in total. The summed E-state index contributed by atoms with van der Waals surface area (Å²) >= 11 is 2.41. The molecule has 0 aromatic carbocycles. The van der Waals surface area contributed by atoms with E-state index in [9.17, 15) is 5.11 Å². The lowest BCUT2D eigenvalue weighted by Crippen LogP contribution is -2.38. The fourth-order valence-corrected chi connectivity index (χ4v) is 3.58. The molecule has 12 heavy (non-hydrogen) atoms. The maximum atomic E-state index is 10.1. The van der Waals surface area contributed by atoms with Crippen LogP contribution in [0.5, 0.6) is 0 Å². The minimum atomic E-state index is -0.407. The summed E-state index contributed by atoms with van der Waals surface area (Å²) in [7, 11) is 0. The minimum Gasteiger partial charge on any atom is -0.389 e. The molecule has 2 saturated carbocycles. The van der Waals surface area contributed by atoms with E-state index in [-0.39, 0.29) is 0 Å². The van der Waals surface area contributed by atoms with Gasteiger partial charge in [0.25, 0.3) is 0 Å². The Labute approximate surface area is 88.1 Å². The number of halogens is 1. The molecule has 0 spiro atoms. The normalized spacial score (nSPS) is 56.2. The molecule has 2 fully saturated rings. The second-order valence-corrected chi connectivity index (χ2v) is 6.80. The monoisotopic (exact) mass is 280 g/mol. The number of aliphatic hydroxyl groups is 1. The highest BCUT2D eigenvalue weighted by molar-refractivity contribution is 14.1. The summed E-state index contributed by atoms with van der Waals surface area (Å²) in [6.45, 7) is 6.68. The fraction of sp³-hybridized carbons (Fsp3) is 1.00. The minimum absolute atomic E-state index is 0.407. The van der Waals surface area contributed by atoms with Gasteiger partial charge < -0.3 is 5.11 Å². The third-order valence-electron chi connectivity index (χ3n) is 4.06. The highest BCUT2D eigenvalue weighted by Crippen LogP contribution is 2.67. The molecule has 0 amide bonds. The first-order valence-corrected chi connectivity index (χ1v) is 5.97. The molecule has 2 aliphatic rings. The first kappa shape index (κ1) is 9.25. The second-order valence-electron chi connectivity index (χ2n) is 5.30. The van der Waals surface area contributed by atoms with Gasteiger partial charge in [0.05, 0.1) is 5.60 Å². The van der Waals surface area contributed by atoms with E-state index in [2.05, 4.69) is 36.4 Å². The van der Waals surface area contributed by atoms with Gasteiger partial charge in [-0.3, -0.25) is 0 Å². The van der Waals surface area contributed by atoms with E-state index >= 15 is 0 Å². The van der Waals surface area contributed by atoms with Gasteiger partial charge in [0.1, 0.15) is 0 Å². The van der Waals surface area contributed by atoms with E-state index in [0.29, 0.717) is 9.34 Å².